The van der Waals surface area contributed by atoms with Crippen molar-refractivity contribution in [2.45, 2.75) is 19.4 Å². The van der Waals surface area contributed by atoms with Crippen LogP contribution >= 0.6 is 12.2 Å². The summed E-state index contributed by atoms with van der Waals surface area (Å²) in [7, 11) is 1.79. The summed E-state index contributed by atoms with van der Waals surface area (Å²) in [5.74, 6) is 0.340. The molecule has 3 nitrogen and oxygen atoms in total. The number of hydrogen-bond acceptors (Lipinski definition) is 2. The monoisotopic (exact) mass is 170 g/mol. The van der Waals surface area contributed by atoms with Gasteiger partial charge in [-0.25, -0.2) is 0 Å². The molecular formula is C7H10N2OS. The average molecular weight is 170 g/mol. The molecule has 0 unspecified atom stereocenters. The molecule has 2 rings (SSSR count). The van der Waals surface area contributed by atoms with Crippen molar-refractivity contribution in [2.75, 3.05) is 0 Å². The summed E-state index contributed by atoms with van der Waals surface area (Å²) < 4.78 is 4.39. The first-order valence-electron chi connectivity index (χ1n) is 3.69. The van der Waals surface area contributed by atoms with E-state index in [1.807, 2.05) is 4.57 Å². The Balaban J connectivity index is 2.78. The molecule has 0 saturated heterocycles. The molecule has 2 heterocycles. The van der Waals surface area contributed by atoms with Gasteiger partial charge in [0.1, 0.15) is 0 Å². The lowest BCUT2D eigenvalue weighted by Crippen LogP contribution is -1.94. The average Bonchev–Trinajstić information content (AvgIpc) is 2.53. The van der Waals surface area contributed by atoms with Gasteiger partial charge in [-0.2, -0.15) is 0 Å². The van der Waals surface area contributed by atoms with Gasteiger partial charge in [-0.15, -0.1) is 0 Å². The van der Waals surface area contributed by atoms with E-state index in [1.54, 1.807) is 11.6 Å². The third-order valence-electron chi connectivity index (χ3n) is 2.21. The van der Waals surface area contributed by atoms with E-state index in [0.717, 1.165) is 29.9 Å². The smallest absolute Gasteiger partial charge is 0.213 e. The van der Waals surface area contributed by atoms with Crippen molar-refractivity contribution in [1.82, 2.24) is 9.13 Å². The summed E-state index contributed by atoms with van der Waals surface area (Å²) in [5.41, 5.74) is 0.998. The Hall–Kier alpha value is -0.770. The first-order chi connectivity index (χ1) is 5.22. The molecule has 1 aromatic rings. The summed E-state index contributed by atoms with van der Waals surface area (Å²) in [6.45, 7) is 0.961. The lowest BCUT2D eigenvalue weighted by atomic mass is 10.3. The predicted molar refractivity (Wildman–Crippen MR) is 44.2 cm³/mol. The molecule has 0 aromatic carbocycles. The molecule has 0 spiro atoms. The minimum atomic E-state index is 0.340. The third kappa shape index (κ3) is 0.758. The molecule has 0 fully saturated rings. The van der Waals surface area contributed by atoms with Crippen molar-refractivity contribution in [2.24, 2.45) is 7.05 Å². The maximum absolute atomic E-state index is 9.51. The molecule has 0 radical (unpaired) electrons. The highest BCUT2D eigenvalue weighted by Crippen LogP contribution is 2.25. The van der Waals surface area contributed by atoms with Crippen LogP contribution in [-0.2, 0) is 20.0 Å². The van der Waals surface area contributed by atoms with Gasteiger partial charge in [0.25, 0.3) is 0 Å². The summed E-state index contributed by atoms with van der Waals surface area (Å²) >= 11 is 5.11. The summed E-state index contributed by atoms with van der Waals surface area (Å²) in [6, 6.07) is 0. The number of hydrogen-bond donors (Lipinski definition) is 1. The standard InChI is InChI=1S/C7H10N2OS/c1-8-6(10)5-3-2-4-9(5)7(8)11/h10H,2-4H2,1H3. The number of imidazole rings is 1. The second kappa shape index (κ2) is 2.11. The van der Waals surface area contributed by atoms with Gasteiger partial charge < -0.3 is 9.67 Å². The number of fused-ring (bicyclic) bond motifs is 1. The van der Waals surface area contributed by atoms with Gasteiger partial charge in [0.15, 0.2) is 4.77 Å². The molecule has 1 aliphatic rings. The van der Waals surface area contributed by atoms with E-state index in [9.17, 15) is 5.11 Å². The van der Waals surface area contributed by atoms with E-state index < -0.39 is 0 Å². The van der Waals surface area contributed by atoms with Crippen molar-refractivity contribution >= 4 is 12.2 Å². The molecule has 1 N–H and O–H groups in total. The molecule has 0 atom stereocenters. The Bertz CT molecular complexity index is 350. The Labute approximate surface area is 69.9 Å². The van der Waals surface area contributed by atoms with Crippen LogP contribution in [0.15, 0.2) is 0 Å². The zero-order valence-electron chi connectivity index (χ0n) is 6.37. The molecule has 0 saturated carbocycles. The van der Waals surface area contributed by atoms with Gasteiger partial charge in [-0.3, -0.25) is 4.57 Å². The largest absolute Gasteiger partial charge is 0.493 e. The number of aromatic nitrogens is 2. The Morgan fingerprint density at radius 2 is 2.27 bits per heavy atom. The Morgan fingerprint density at radius 3 is 2.91 bits per heavy atom. The van der Waals surface area contributed by atoms with Crippen molar-refractivity contribution < 1.29 is 5.11 Å². The fourth-order valence-corrected chi connectivity index (χ4v) is 1.87. The van der Waals surface area contributed by atoms with Gasteiger partial charge in [-0.05, 0) is 25.1 Å². The molecule has 1 aliphatic heterocycles. The van der Waals surface area contributed by atoms with E-state index in [2.05, 4.69) is 0 Å². The van der Waals surface area contributed by atoms with Crippen LogP contribution in [0.25, 0.3) is 0 Å². The van der Waals surface area contributed by atoms with E-state index in [4.69, 9.17) is 12.2 Å². The highest BCUT2D eigenvalue weighted by atomic mass is 32.1. The maximum atomic E-state index is 9.51. The predicted octanol–water partition coefficient (Wildman–Crippen LogP) is 1.21. The number of aromatic hydroxyl groups is 1. The molecule has 4 heteroatoms. The van der Waals surface area contributed by atoms with Crippen LogP contribution in [0.5, 0.6) is 5.88 Å². The van der Waals surface area contributed by atoms with Crippen LogP contribution in [0.4, 0.5) is 0 Å². The summed E-state index contributed by atoms with van der Waals surface area (Å²) in [5, 5.41) is 9.51. The lowest BCUT2D eigenvalue weighted by molar-refractivity contribution is 0.425. The van der Waals surface area contributed by atoms with Gasteiger partial charge in [0.2, 0.25) is 5.88 Å². The first-order valence-corrected chi connectivity index (χ1v) is 4.10. The van der Waals surface area contributed by atoms with Crippen LogP contribution < -0.4 is 0 Å². The maximum Gasteiger partial charge on any atom is 0.213 e. The van der Waals surface area contributed by atoms with E-state index >= 15 is 0 Å². The van der Waals surface area contributed by atoms with Crippen LogP contribution in [0, 0.1) is 4.77 Å². The third-order valence-corrected chi connectivity index (χ3v) is 2.71. The lowest BCUT2D eigenvalue weighted by Gasteiger charge is -1.93. The molecule has 1 aromatic heterocycles. The van der Waals surface area contributed by atoms with Crippen LogP contribution in [0.2, 0.25) is 0 Å². The highest BCUT2D eigenvalue weighted by molar-refractivity contribution is 7.71. The molecule has 11 heavy (non-hydrogen) atoms. The van der Waals surface area contributed by atoms with Crippen molar-refractivity contribution in [1.29, 1.82) is 0 Å². The Morgan fingerprint density at radius 1 is 1.55 bits per heavy atom. The quantitative estimate of drug-likeness (QED) is 0.593. The minimum absolute atomic E-state index is 0.340. The second-order valence-electron chi connectivity index (χ2n) is 2.87. The molecular weight excluding hydrogens is 160 g/mol. The van der Waals surface area contributed by atoms with E-state index in [-0.39, 0.29) is 0 Å². The minimum Gasteiger partial charge on any atom is -0.493 e. The Kier molecular flexibility index (Phi) is 1.32. The van der Waals surface area contributed by atoms with E-state index in [0.29, 0.717) is 5.88 Å². The highest BCUT2D eigenvalue weighted by Gasteiger charge is 2.18. The molecule has 60 valence electrons. The molecule has 0 bridgehead atoms. The van der Waals surface area contributed by atoms with Gasteiger partial charge >= 0.3 is 0 Å². The SMILES string of the molecule is Cn1c(O)c2n(c1=S)CCC2. The fourth-order valence-electron chi connectivity index (χ4n) is 1.58. The van der Waals surface area contributed by atoms with E-state index in [1.165, 1.54) is 0 Å². The molecule has 0 aliphatic carbocycles. The van der Waals surface area contributed by atoms with Crippen LogP contribution in [-0.4, -0.2) is 14.2 Å². The van der Waals surface area contributed by atoms with Crippen molar-refractivity contribution in [3.8, 4) is 5.88 Å². The zero-order valence-corrected chi connectivity index (χ0v) is 7.19. The number of rotatable bonds is 0. The topological polar surface area (TPSA) is 30.1 Å². The van der Waals surface area contributed by atoms with Gasteiger partial charge in [-0.1, -0.05) is 0 Å². The normalized spacial score (nSPS) is 15.4. The summed E-state index contributed by atoms with van der Waals surface area (Å²) in [4.78, 5) is 0. The molecule has 0 amide bonds. The van der Waals surface area contributed by atoms with Gasteiger partial charge in [0, 0.05) is 13.6 Å². The number of nitrogens with zero attached hydrogens (tertiary/aromatic N) is 2. The van der Waals surface area contributed by atoms with Crippen molar-refractivity contribution in [3.05, 3.63) is 10.5 Å². The van der Waals surface area contributed by atoms with Crippen LogP contribution in [0.3, 0.4) is 0 Å². The second-order valence-corrected chi connectivity index (χ2v) is 3.23. The first kappa shape index (κ1) is 6.91. The zero-order chi connectivity index (χ0) is 8.01. The fraction of sp³-hybridized carbons (Fsp3) is 0.571. The van der Waals surface area contributed by atoms with Crippen LogP contribution in [0.1, 0.15) is 12.1 Å². The van der Waals surface area contributed by atoms with Gasteiger partial charge in [0.05, 0.1) is 5.69 Å². The van der Waals surface area contributed by atoms with Crippen molar-refractivity contribution in [3.63, 3.8) is 0 Å². The summed E-state index contributed by atoms with van der Waals surface area (Å²) in [6.07, 6.45) is 2.06.